The predicted molar refractivity (Wildman–Crippen MR) is 120 cm³/mol. The van der Waals surface area contributed by atoms with Gasteiger partial charge in [0.25, 0.3) is 10.0 Å². The van der Waals surface area contributed by atoms with Gasteiger partial charge in [0.2, 0.25) is 5.91 Å². The molecular formula is C23H29N3O3S. The second-order valence-electron chi connectivity index (χ2n) is 7.90. The number of sulfonamides is 1. The van der Waals surface area contributed by atoms with E-state index in [4.69, 9.17) is 0 Å². The lowest BCUT2D eigenvalue weighted by Gasteiger charge is -2.17. The summed E-state index contributed by atoms with van der Waals surface area (Å²) in [4.78, 5) is 14.5. The van der Waals surface area contributed by atoms with Crippen LogP contribution in [-0.4, -0.2) is 38.7 Å². The minimum Gasteiger partial charge on any atom is -0.362 e. The van der Waals surface area contributed by atoms with Crippen molar-refractivity contribution >= 4 is 27.5 Å². The third kappa shape index (κ3) is 5.69. The van der Waals surface area contributed by atoms with Crippen LogP contribution in [0.15, 0.2) is 51.8 Å². The molecule has 6 nitrogen and oxygen atoms in total. The topological polar surface area (TPSA) is 78.8 Å². The van der Waals surface area contributed by atoms with Crippen molar-refractivity contribution in [2.75, 3.05) is 18.9 Å². The smallest absolute Gasteiger partial charge is 0.284 e. The standard InChI is InChI=1S/C23H29N3O3S/c1-17-11-12-18(2)19(14-17)15-23(27)24-20-8-7-9-21(16-20)30(28,29)25-22-10-5-4-6-13-26(22)3/h7-9,11-12,14,16H,4-6,10,13,15H2,1-3H3,(H,24,27). The molecule has 0 unspecified atom stereocenters. The van der Waals surface area contributed by atoms with E-state index in [0.717, 1.165) is 42.5 Å². The van der Waals surface area contributed by atoms with Crippen molar-refractivity contribution in [1.29, 1.82) is 0 Å². The maximum Gasteiger partial charge on any atom is 0.284 e. The van der Waals surface area contributed by atoms with Gasteiger partial charge >= 0.3 is 0 Å². The highest BCUT2D eigenvalue weighted by molar-refractivity contribution is 7.90. The van der Waals surface area contributed by atoms with E-state index in [9.17, 15) is 13.2 Å². The highest BCUT2D eigenvalue weighted by Crippen LogP contribution is 2.20. The monoisotopic (exact) mass is 427 g/mol. The zero-order valence-electron chi connectivity index (χ0n) is 17.8. The van der Waals surface area contributed by atoms with E-state index < -0.39 is 10.0 Å². The lowest BCUT2D eigenvalue weighted by Crippen LogP contribution is -2.26. The molecule has 1 heterocycles. The van der Waals surface area contributed by atoms with Crippen molar-refractivity contribution in [2.24, 2.45) is 4.40 Å². The number of aryl methyl sites for hydroxylation is 2. The van der Waals surface area contributed by atoms with E-state index in [1.165, 1.54) is 12.1 Å². The lowest BCUT2D eigenvalue weighted by molar-refractivity contribution is -0.115. The Balaban J connectivity index is 1.76. The van der Waals surface area contributed by atoms with E-state index in [1.54, 1.807) is 12.1 Å². The number of carbonyl (C=O) groups is 1. The number of nitrogens with one attached hydrogen (secondary N) is 1. The van der Waals surface area contributed by atoms with Crippen molar-refractivity contribution in [3.05, 3.63) is 59.2 Å². The number of likely N-dealkylation sites (tertiary alicyclic amines) is 1. The molecule has 0 saturated carbocycles. The molecule has 0 atom stereocenters. The van der Waals surface area contributed by atoms with Gasteiger partial charge in [-0.15, -0.1) is 4.40 Å². The summed E-state index contributed by atoms with van der Waals surface area (Å²) in [7, 11) is -1.96. The molecule has 0 aromatic heterocycles. The second-order valence-corrected chi connectivity index (χ2v) is 9.50. The average Bonchev–Trinajstić information content (AvgIpc) is 2.89. The summed E-state index contributed by atoms with van der Waals surface area (Å²) in [6.45, 7) is 4.77. The van der Waals surface area contributed by atoms with Crippen LogP contribution in [0.3, 0.4) is 0 Å². The first-order chi connectivity index (χ1) is 14.2. The molecule has 1 aliphatic rings. The van der Waals surface area contributed by atoms with Crippen LogP contribution >= 0.6 is 0 Å². The number of amides is 1. The van der Waals surface area contributed by atoms with Gasteiger partial charge in [-0.25, -0.2) is 0 Å². The summed E-state index contributed by atoms with van der Waals surface area (Å²) < 4.78 is 29.8. The number of carbonyl (C=O) groups excluding carboxylic acids is 1. The number of hydrogen-bond acceptors (Lipinski definition) is 3. The first-order valence-corrected chi connectivity index (χ1v) is 11.7. The highest BCUT2D eigenvalue weighted by Gasteiger charge is 2.19. The fourth-order valence-corrected chi connectivity index (χ4v) is 4.68. The van der Waals surface area contributed by atoms with Gasteiger partial charge in [0, 0.05) is 25.7 Å². The SMILES string of the molecule is Cc1ccc(C)c(CC(=O)Nc2cccc(S(=O)(=O)N=C3CCCCCN3C)c2)c1. The molecule has 0 bridgehead atoms. The Morgan fingerprint density at radius 1 is 1.10 bits per heavy atom. The Morgan fingerprint density at radius 3 is 2.70 bits per heavy atom. The van der Waals surface area contributed by atoms with Crippen molar-refractivity contribution < 1.29 is 13.2 Å². The second kappa shape index (κ2) is 9.43. The quantitative estimate of drug-likeness (QED) is 0.780. The fourth-order valence-electron chi connectivity index (χ4n) is 3.54. The van der Waals surface area contributed by atoms with Crippen molar-refractivity contribution in [1.82, 2.24) is 4.90 Å². The van der Waals surface area contributed by atoms with Crippen LogP contribution in [-0.2, 0) is 21.2 Å². The summed E-state index contributed by atoms with van der Waals surface area (Å²) in [5.74, 6) is 0.407. The summed E-state index contributed by atoms with van der Waals surface area (Å²) in [5.41, 5.74) is 3.55. The zero-order chi connectivity index (χ0) is 21.7. The normalized spacial score (nSPS) is 16.4. The van der Waals surface area contributed by atoms with E-state index in [2.05, 4.69) is 9.71 Å². The molecule has 0 radical (unpaired) electrons. The minimum atomic E-state index is -3.84. The molecule has 30 heavy (non-hydrogen) atoms. The lowest BCUT2D eigenvalue weighted by atomic mass is 10.0. The van der Waals surface area contributed by atoms with Gasteiger partial charge < -0.3 is 10.2 Å². The molecular weight excluding hydrogens is 398 g/mol. The Morgan fingerprint density at radius 2 is 1.90 bits per heavy atom. The molecule has 160 valence electrons. The van der Waals surface area contributed by atoms with Crippen LogP contribution in [0.1, 0.15) is 42.4 Å². The van der Waals surface area contributed by atoms with Gasteiger partial charge in [-0.05, 0) is 56.0 Å². The third-order valence-electron chi connectivity index (χ3n) is 5.33. The van der Waals surface area contributed by atoms with Gasteiger partial charge in [0.05, 0.1) is 11.3 Å². The highest BCUT2D eigenvalue weighted by atomic mass is 32.2. The molecule has 0 spiro atoms. The van der Waals surface area contributed by atoms with Crippen LogP contribution in [0, 0.1) is 13.8 Å². The summed E-state index contributed by atoms with van der Waals surface area (Å²) >= 11 is 0. The molecule has 3 rings (SSSR count). The maximum atomic E-state index is 12.8. The van der Waals surface area contributed by atoms with Crippen LogP contribution in [0.4, 0.5) is 5.69 Å². The number of anilines is 1. The van der Waals surface area contributed by atoms with Crippen LogP contribution in [0.25, 0.3) is 0 Å². The molecule has 7 heteroatoms. The molecule has 1 aliphatic heterocycles. The maximum absolute atomic E-state index is 12.8. The number of nitrogens with zero attached hydrogens (tertiary/aromatic N) is 2. The summed E-state index contributed by atoms with van der Waals surface area (Å²) in [6, 6.07) is 12.3. The van der Waals surface area contributed by atoms with Crippen molar-refractivity contribution in [2.45, 2.75) is 50.8 Å². The molecule has 1 N–H and O–H groups in total. The zero-order valence-corrected chi connectivity index (χ0v) is 18.6. The van der Waals surface area contributed by atoms with Crippen LogP contribution < -0.4 is 5.32 Å². The molecule has 2 aromatic carbocycles. The first kappa shape index (κ1) is 22.0. The van der Waals surface area contributed by atoms with Crippen molar-refractivity contribution in [3.8, 4) is 0 Å². The number of amidine groups is 1. The summed E-state index contributed by atoms with van der Waals surface area (Å²) in [5, 5.41) is 2.81. The van der Waals surface area contributed by atoms with E-state index in [0.29, 0.717) is 17.9 Å². The Kier molecular flexibility index (Phi) is 6.92. The molecule has 1 amide bonds. The fraction of sp³-hybridized carbons (Fsp3) is 0.391. The van der Waals surface area contributed by atoms with Gasteiger partial charge in [0.15, 0.2) is 0 Å². The predicted octanol–water partition coefficient (Wildman–Crippen LogP) is 4.08. The Hall–Kier alpha value is -2.67. The Bertz CT molecular complexity index is 1060. The van der Waals surface area contributed by atoms with E-state index in [-0.39, 0.29) is 17.2 Å². The summed E-state index contributed by atoms with van der Waals surface area (Å²) in [6.07, 6.45) is 3.94. The van der Waals surface area contributed by atoms with E-state index in [1.807, 2.05) is 44.0 Å². The number of rotatable bonds is 5. The first-order valence-electron chi connectivity index (χ1n) is 10.3. The van der Waals surface area contributed by atoms with Crippen molar-refractivity contribution in [3.63, 3.8) is 0 Å². The largest absolute Gasteiger partial charge is 0.362 e. The van der Waals surface area contributed by atoms with Gasteiger partial charge in [-0.1, -0.05) is 36.2 Å². The molecule has 2 aromatic rings. The van der Waals surface area contributed by atoms with Crippen LogP contribution in [0.2, 0.25) is 0 Å². The number of benzene rings is 2. The average molecular weight is 428 g/mol. The third-order valence-corrected chi connectivity index (χ3v) is 6.63. The minimum absolute atomic E-state index is 0.0807. The Labute approximate surface area is 179 Å². The van der Waals surface area contributed by atoms with Gasteiger partial charge in [0.1, 0.15) is 5.84 Å². The van der Waals surface area contributed by atoms with E-state index >= 15 is 0 Å². The molecule has 1 fully saturated rings. The van der Waals surface area contributed by atoms with Gasteiger partial charge in [-0.3, -0.25) is 4.79 Å². The van der Waals surface area contributed by atoms with Crippen LogP contribution in [0.5, 0.6) is 0 Å². The molecule has 1 saturated heterocycles. The molecule has 0 aliphatic carbocycles. The number of hydrogen-bond donors (Lipinski definition) is 1. The van der Waals surface area contributed by atoms with Gasteiger partial charge in [-0.2, -0.15) is 8.42 Å².